The van der Waals surface area contributed by atoms with Crippen molar-refractivity contribution >= 4 is 73.9 Å². The van der Waals surface area contributed by atoms with Crippen LogP contribution in [-0.4, -0.2) is 25.4 Å². The summed E-state index contributed by atoms with van der Waals surface area (Å²) in [7, 11) is -3.95. The Morgan fingerprint density at radius 2 is 1.56 bits per heavy atom. The van der Waals surface area contributed by atoms with Crippen molar-refractivity contribution in [2.75, 3.05) is 14.9 Å². The Labute approximate surface area is 209 Å². The zero-order valence-electron chi connectivity index (χ0n) is 17.5. The molecule has 3 aromatic rings. The van der Waals surface area contributed by atoms with Crippen LogP contribution >= 0.6 is 34.8 Å². The Morgan fingerprint density at radius 3 is 2.12 bits per heavy atom. The molecule has 0 radical (unpaired) electrons. The molecule has 13 heteroatoms. The van der Waals surface area contributed by atoms with E-state index >= 15 is 0 Å². The number of aromatic nitrogens is 1. The van der Waals surface area contributed by atoms with Crippen molar-refractivity contribution in [3.8, 4) is 0 Å². The number of benzene rings is 2. The molecule has 2 heterocycles. The zero-order valence-corrected chi connectivity index (χ0v) is 20.6. The molecule has 0 spiro atoms. The third-order valence-corrected chi connectivity index (χ3v) is 7.08. The number of nitrogens with zero attached hydrogens (tertiary/aromatic N) is 2. The van der Waals surface area contributed by atoms with E-state index in [1.807, 2.05) is 0 Å². The van der Waals surface area contributed by atoms with Gasteiger partial charge >= 0.3 is 0 Å². The number of anilines is 3. The van der Waals surface area contributed by atoms with E-state index in [0.717, 1.165) is 4.90 Å². The molecule has 0 unspecified atom stereocenters. The zero-order chi connectivity index (χ0) is 24.8. The first-order valence-corrected chi connectivity index (χ1v) is 12.2. The van der Waals surface area contributed by atoms with Gasteiger partial charge in [-0.25, -0.2) is 18.0 Å². The van der Waals surface area contributed by atoms with Crippen LogP contribution in [0, 0.1) is 13.8 Å². The van der Waals surface area contributed by atoms with Crippen molar-refractivity contribution in [1.29, 1.82) is 0 Å². The number of carbonyl (C=O) groups is 2. The Kier molecular flexibility index (Phi) is 6.34. The number of nitrogens with one attached hydrogen (secondary N) is 2. The number of halogens is 3. The second kappa shape index (κ2) is 8.95. The Morgan fingerprint density at radius 1 is 0.941 bits per heavy atom. The number of carbonyl (C=O) groups excluding carboxylic acids is 2. The maximum absolute atomic E-state index is 12.9. The molecule has 4 rings (SSSR count). The number of hydrogen-bond donors (Lipinski definition) is 2. The van der Waals surface area contributed by atoms with Gasteiger partial charge in [0.15, 0.2) is 0 Å². The normalized spacial score (nSPS) is 14.2. The minimum absolute atomic E-state index is 0.0212. The average Bonchev–Trinajstić information content (AvgIpc) is 3.18. The van der Waals surface area contributed by atoms with Gasteiger partial charge in [-0.2, -0.15) is 0 Å². The lowest BCUT2D eigenvalue weighted by molar-refractivity contribution is -0.120. The van der Waals surface area contributed by atoms with Gasteiger partial charge in [-0.1, -0.05) is 40.0 Å². The highest BCUT2D eigenvalue weighted by molar-refractivity contribution is 7.92. The van der Waals surface area contributed by atoms with Crippen LogP contribution in [0.2, 0.25) is 10.0 Å². The molecule has 2 N–H and O–H groups in total. The second-order valence-corrected chi connectivity index (χ2v) is 10.2. The molecule has 1 aromatic heterocycles. The van der Waals surface area contributed by atoms with Gasteiger partial charge in [0, 0.05) is 21.3 Å². The fourth-order valence-electron chi connectivity index (χ4n) is 3.07. The number of imide groups is 1. The molecule has 2 aromatic carbocycles. The van der Waals surface area contributed by atoms with E-state index in [9.17, 15) is 18.0 Å². The number of hydrogen-bond acceptors (Lipinski definition) is 7. The molecule has 34 heavy (non-hydrogen) atoms. The predicted octanol–water partition coefficient (Wildman–Crippen LogP) is 4.83. The van der Waals surface area contributed by atoms with Crippen molar-refractivity contribution < 1.29 is 22.5 Å². The van der Waals surface area contributed by atoms with Crippen LogP contribution < -0.4 is 14.9 Å². The van der Waals surface area contributed by atoms with Crippen LogP contribution in [0.3, 0.4) is 0 Å². The monoisotopic (exact) mass is 540 g/mol. The van der Waals surface area contributed by atoms with Crippen LogP contribution in [-0.2, 0) is 19.6 Å². The Hall–Kier alpha value is -3.05. The molecule has 0 fully saturated rings. The summed E-state index contributed by atoms with van der Waals surface area (Å²) >= 11 is 18.1. The molecule has 2 amide bonds. The molecule has 0 saturated heterocycles. The van der Waals surface area contributed by atoms with Crippen LogP contribution in [0.25, 0.3) is 0 Å². The van der Waals surface area contributed by atoms with E-state index < -0.39 is 21.8 Å². The van der Waals surface area contributed by atoms with Gasteiger partial charge in [-0.05, 0) is 56.3 Å². The molecule has 0 saturated carbocycles. The number of amides is 2. The summed E-state index contributed by atoms with van der Waals surface area (Å²) in [6.45, 7) is 3.36. The quantitative estimate of drug-likeness (QED) is 0.428. The van der Waals surface area contributed by atoms with Crippen molar-refractivity contribution in [1.82, 2.24) is 5.16 Å². The molecule has 176 valence electrons. The van der Waals surface area contributed by atoms with E-state index in [0.29, 0.717) is 16.9 Å². The summed E-state index contributed by atoms with van der Waals surface area (Å²) in [5.41, 5.74) is 1.44. The Balaban J connectivity index is 1.54. The summed E-state index contributed by atoms with van der Waals surface area (Å²) in [5.74, 6) is -1.45. The minimum Gasteiger partial charge on any atom is -0.350 e. The smallest absolute Gasteiger partial charge is 0.283 e. The lowest BCUT2D eigenvalue weighted by Gasteiger charge is -2.16. The predicted molar refractivity (Wildman–Crippen MR) is 129 cm³/mol. The van der Waals surface area contributed by atoms with Crippen molar-refractivity contribution in [2.24, 2.45) is 0 Å². The minimum atomic E-state index is -3.95. The van der Waals surface area contributed by atoms with Gasteiger partial charge in [0.05, 0.1) is 16.3 Å². The third kappa shape index (κ3) is 4.49. The first kappa shape index (κ1) is 24.1. The number of rotatable bonds is 6. The fraction of sp³-hybridized carbons (Fsp3) is 0.0952. The largest absolute Gasteiger partial charge is 0.350 e. The summed E-state index contributed by atoms with van der Waals surface area (Å²) in [4.78, 5) is 26.3. The molecule has 9 nitrogen and oxygen atoms in total. The van der Waals surface area contributed by atoms with Gasteiger partial charge in [-0.15, -0.1) is 0 Å². The van der Waals surface area contributed by atoms with Gasteiger partial charge in [0.1, 0.15) is 10.7 Å². The maximum atomic E-state index is 12.9. The topological polar surface area (TPSA) is 122 Å². The van der Waals surface area contributed by atoms with Crippen LogP contribution in [0.5, 0.6) is 0 Å². The molecular weight excluding hydrogens is 527 g/mol. The molecule has 1 aliphatic heterocycles. The van der Waals surface area contributed by atoms with Gasteiger partial charge < -0.3 is 9.84 Å². The van der Waals surface area contributed by atoms with Crippen molar-refractivity contribution in [3.63, 3.8) is 0 Å². The van der Waals surface area contributed by atoms with E-state index in [-0.39, 0.29) is 37.2 Å². The van der Waals surface area contributed by atoms with Crippen LogP contribution in [0.1, 0.15) is 11.3 Å². The molecule has 0 atom stereocenters. The third-order valence-electron chi connectivity index (χ3n) is 4.95. The van der Waals surface area contributed by atoms with Gasteiger partial charge in [0.2, 0.25) is 5.88 Å². The fourth-order valence-corrected chi connectivity index (χ4v) is 4.84. The average molecular weight is 542 g/mol. The Bertz CT molecular complexity index is 1450. The van der Waals surface area contributed by atoms with E-state index in [1.54, 1.807) is 13.8 Å². The highest BCUT2D eigenvalue weighted by Gasteiger charge is 2.39. The highest BCUT2D eigenvalue weighted by Crippen LogP contribution is 2.33. The number of sulfonamides is 1. The first-order chi connectivity index (χ1) is 16.0. The lowest BCUT2D eigenvalue weighted by Crippen LogP contribution is -2.32. The standard InChI is InChI=1S/C21H15Cl3N4O5S/c1-10-11(2)26-33-19(10)27-34(31,32)16-5-3-14(4-6-16)25-18-17(24)20(29)28(21(18)30)15-8-12(22)7-13(23)9-15/h3-9,25,27H,1-2H3. The summed E-state index contributed by atoms with van der Waals surface area (Å²) in [6.07, 6.45) is 0. The lowest BCUT2D eigenvalue weighted by atomic mass is 10.3. The first-order valence-electron chi connectivity index (χ1n) is 9.55. The summed E-state index contributed by atoms with van der Waals surface area (Å²) < 4.78 is 32.6. The molecule has 0 bridgehead atoms. The van der Waals surface area contributed by atoms with Crippen molar-refractivity contribution in [3.05, 3.63) is 74.5 Å². The molecule has 0 aliphatic carbocycles. The number of aryl methyl sites for hydroxylation is 1. The molecule has 1 aliphatic rings. The summed E-state index contributed by atoms with van der Waals surface area (Å²) in [6, 6.07) is 9.73. The van der Waals surface area contributed by atoms with Crippen molar-refractivity contribution in [2.45, 2.75) is 18.7 Å². The van der Waals surface area contributed by atoms with E-state index in [2.05, 4.69) is 15.2 Å². The van der Waals surface area contributed by atoms with Gasteiger partial charge in [-0.3, -0.25) is 9.59 Å². The summed E-state index contributed by atoms with van der Waals surface area (Å²) in [5, 5.41) is 6.62. The van der Waals surface area contributed by atoms with Gasteiger partial charge in [0.25, 0.3) is 21.8 Å². The van der Waals surface area contributed by atoms with E-state index in [1.165, 1.54) is 42.5 Å². The van der Waals surface area contributed by atoms with E-state index in [4.69, 9.17) is 39.3 Å². The second-order valence-electron chi connectivity index (χ2n) is 7.24. The SMILES string of the molecule is Cc1noc(NS(=O)(=O)c2ccc(NC3=C(Cl)C(=O)N(c4cc(Cl)cc(Cl)c4)C3=O)cc2)c1C. The van der Waals surface area contributed by atoms with Crippen LogP contribution in [0.15, 0.2) is 62.6 Å². The maximum Gasteiger partial charge on any atom is 0.283 e. The van der Waals surface area contributed by atoms with Crippen LogP contribution in [0.4, 0.5) is 17.3 Å². The highest BCUT2D eigenvalue weighted by atomic mass is 35.5. The molecular formula is C21H15Cl3N4O5S.